The molecule has 1 aliphatic heterocycles. The summed E-state index contributed by atoms with van der Waals surface area (Å²) in [6.45, 7) is 0.917. The van der Waals surface area contributed by atoms with Crippen LogP contribution in [0, 0.1) is 5.82 Å². The molecule has 0 aliphatic carbocycles. The molecule has 3 N–H and O–H groups in total. The van der Waals surface area contributed by atoms with Crippen LogP contribution in [0.1, 0.15) is 12.5 Å². The Kier molecular flexibility index (Phi) is 4.29. The lowest BCUT2D eigenvalue weighted by atomic mass is 9.92. The second-order valence-corrected chi connectivity index (χ2v) is 5.87. The SMILES string of the molecule is CC1(c2ccc(F)cc2)NC(=O)N(CC(=O)Nc2ncccc2O)C1=O. The predicted octanol–water partition coefficient (Wildman–Crippen LogP) is 1.33. The largest absolute Gasteiger partial charge is 0.504 e. The van der Waals surface area contributed by atoms with E-state index in [1.165, 1.54) is 49.5 Å². The minimum Gasteiger partial charge on any atom is -0.504 e. The summed E-state index contributed by atoms with van der Waals surface area (Å²) in [6, 6.07) is 7.21. The van der Waals surface area contributed by atoms with E-state index in [0.29, 0.717) is 5.56 Å². The van der Waals surface area contributed by atoms with E-state index in [-0.39, 0.29) is 11.6 Å². The summed E-state index contributed by atoms with van der Waals surface area (Å²) in [5.74, 6) is -2.14. The number of hydrogen-bond donors (Lipinski definition) is 3. The fraction of sp³-hybridized carbons (Fsp3) is 0.176. The molecule has 1 aromatic heterocycles. The van der Waals surface area contributed by atoms with Gasteiger partial charge in [0.25, 0.3) is 5.91 Å². The van der Waals surface area contributed by atoms with E-state index >= 15 is 0 Å². The Morgan fingerprint density at radius 3 is 2.65 bits per heavy atom. The number of hydrogen-bond acceptors (Lipinski definition) is 5. The Balaban J connectivity index is 1.76. The molecule has 2 aromatic rings. The highest BCUT2D eigenvalue weighted by atomic mass is 19.1. The van der Waals surface area contributed by atoms with Gasteiger partial charge in [0.2, 0.25) is 5.91 Å². The van der Waals surface area contributed by atoms with Gasteiger partial charge < -0.3 is 15.7 Å². The quantitative estimate of drug-likeness (QED) is 0.714. The van der Waals surface area contributed by atoms with Gasteiger partial charge in [-0.1, -0.05) is 12.1 Å². The number of rotatable bonds is 4. The van der Waals surface area contributed by atoms with Crippen molar-refractivity contribution in [3.05, 3.63) is 54.0 Å². The van der Waals surface area contributed by atoms with Gasteiger partial charge in [0.1, 0.15) is 17.9 Å². The number of nitrogens with zero attached hydrogens (tertiary/aromatic N) is 2. The Morgan fingerprint density at radius 2 is 2.00 bits per heavy atom. The zero-order valence-corrected chi connectivity index (χ0v) is 13.7. The minimum absolute atomic E-state index is 0.0779. The molecule has 1 unspecified atom stereocenters. The summed E-state index contributed by atoms with van der Waals surface area (Å²) in [6.07, 6.45) is 1.37. The maximum absolute atomic E-state index is 13.1. The number of halogens is 1. The van der Waals surface area contributed by atoms with E-state index in [0.717, 1.165) is 4.90 Å². The molecule has 0 bridgehead atoms. The van der Waals surface area contributed by atoms with Crippen LogP contribution in [0.5, 0.6) is 5.75 Å². The molecule has 1 aromatic carbocycles. The number of carbonyl (C=O) groups excluding carboxylic acids is 3. The molecule has 4 amide bonds. The summed E-state index contributed by atoms with van der Waals surface area (Å²) in [5, 5.41) is 14.5. The molecule has 3 rings (SSSR count). The van der Waals surface area contributed by atoms with Crippen LogP contribution in [-0.2, 0) is 15.1 Å². The average Bonchev–Trinajstić information content (AvgIpc) is 2.82. The van der Waals surface area contributed by atoms with Crippen molar-refractivity contribution in [1.82, 2.24) is 15.2 Å². The van der Waals surface area contributed by atoms with Crippen LogP contribution < -0.4 is 10.6 Å². The van der Waals surface area contributed by atoms with Gasteiger partial charge in [0.05, 0.1) is 0 Å². The van der Waals surface area contributed by atoms with E-state index in [1.54, 1.807) is 0 Å². The molecule has 134 valence electrons. The van der Waals surface area contributed by atoms with Gasteiger partial charge in [0, 0.05) is 6.20 Å². The number of urea groups is 1. The lowest BCUT2D eigenvalue weighted by Crippen LogP contribution is -2.42. The standard InChI is InChI=1S/C17H15FN4O4/c1-17(10-4-6-11(18)7-5-10)15(25)22(16(26)21-17)9-13(24)20-14-12(23)3-2-8-19-14/h2-8,23H,9H2,1H3,(H,21,26)(H,19,20,24). The van der Waals surface area contributed by atoms with Gasteiger partial charge in [-0.05, 0) is 36.8 Å². The van der Waals surface area contributed by atoms with Gasteiger partial charge in [-0.25, -0.2) is 14.2 Å². The van der Waals surface area contributed by atoms with Gasteiger partial charge in [-0.15, -0.1) is 0 Å². The molecule has 1 saturated heterocycles. The van der Waals surface area contributed by atoms with Crippen LogP contribution in [0.15, 0.2) is 42.6 Å². The van der Waals surface area contributed by atoms with Crippen LogP contribution in [0.25, 0.3) is 0 Å². The molecule has 1 aliphatic rings. The summed E-state index contributed by atoms with van der Waals surface area (Å²) in [5.41, 5.74) is -1.01. The molecular weight excluding hydrogens is 343 g/mol. The smallest absolute Gasteiger partial charge is 0.325 e. The van der Waals surface area contributed by atoms with Crippen molar-refractivity contribution >= 4 is 23.7 Å². The maximum Gasteiger partial charge on any atom is 0.325 e. The zero-order valence-electron chi connectivity index (χ0n) is 13.7. The van der Waals surface area contributed by atoms with Crippen LogP contribution in [0.3, 0.4) is 0 Å². The van der Waals surface area contributed by atoms with E-state index in [1.807, 2.05) is 0 Å². The molecule has 1 fully saturated rings. The molecule has 8 nitrogen and oxygen atoms in total. The first kappa shape index (κ1) is 17.3. The number of aromatic hydroxyl groups is 1. The van der Waals surface area contributed by atoms with Crippen molar-refractivity contribution in [2.75, 3.05) is 11.9 Å². The second-order valence-electron chi connectivity index (χ2n) is 5.87. The molecule has 9 heteroatoms. The lowest BCUT2D eigenvalue weighted by Gasteiger charge is -2.22. The molecule has 0 spiro atoms. The third kappa shape index (κ3) is 3.06. The predicted molar refractivity (Wildman–Crippen MR) is 88.5 cm³/mol. The molecule has 0 radical (unpaired) electrons. The van der Waals surface area contributed by atoms with E-state index in [4.69, 9.17) is 0 Å². The number of imide groups is 1. The van der Waals surface area contributed by atoms with E-state index in [9.17, 15) is 23.9 Å². The number of pyridine rings is 1. The normalized spacial score (nSPS) is 19.4. The lowest BCUT2D eigenvalue weighted by molar-refractivity contribution is -0.133. The molecule has 2 heterocycles. The van der Waals surface area contributed by atoms with Crippen molar-refractivity contribution in [2.45, 2.75) is 12.5 Å². The molecule has 0 saturated carbocycles. The average molecular weight is 358 g/mol. The number of nitrogens with one attached hydrogen (secondary N) is 2. The van der Waals surface area contributed by atoms with Crippen LogP contribution in [0.2, 0.25) is 0 Å². The molecular formula is C17H15FN4O4. The first-order valence-corrected chi connectivity index (χ1v) is 7.65. The van der Waals surface area contributed by atoms with Crippen molar-refractivity contribution in [3.63, 3.8) is 0 Å². The number of amides is 4. The molecule has 26 heavy (non-hydrogen) atoms. The summed E-state index contributed by atoms with van der Waals surface area (Å²) < 4.78 is 13.1. The zero-order chi connectivity index (χ0) is 18.9. The minimum atomic E-state index is -1.40. The topological polar surface area (TPSA) is 112 Å². The van der Waals surface area contributed by atoms with Crippen molar-refractivity contribution in [1.29, 1.82) is 0 Å². The number of anilines is 1. The third-order valence-corrected chi connectivity index (χ3v) is 4.04. The Morgan fingerprint density at radius 1 is 1.31 bits per heavy atom. The first-order chi connectivity index (χ1) is 12.3. The Labute approximate surface area is 147 Å². The highest BCUT2D eigenvalue weighted by molar-refractivity contribution is 6.10. The van der Waals surface area contributed by atoms with Crippen molar-refractivity contribution < 1.29 is 23.9 Å². The van der Waals surface area contributed by atoms with E-state index < -0.39 is 35.7 Å². The highest BCUT2D eigenvalue weighted by Crippen LogP contribution is 2.29. The Bertz CT molecular complexity index is 887. The summed E-state index contributed by atoms with van der Waals surface area (Å²) in [4.78, 5) is 41.5. The fourth-order valence-electron chi connectivity index (χ4n) is 2.63. The third-order valence-electron chi connectivity index (χ3n) is 4.04. The number of aromatic nitrogens is 1. The van der Waals surface area contributed by atoms with Crippen LogP contribution in [-0.4, -0.2) is 39.4 Å². The molecule has 1 atom stereocenters. The van der Waals surface area contributed by atoms with Gasteiger partial charge in [-0.2, -0.15) is 0 Å². The summed E-state index contributed by atoms with van der Waals surface area (Å²) >= 11 is 0. The van der Waals surface area contributed by atoms with Gasteiger partial charge in [-0.3, -0.25) is 14.5 Å². The summed E-state index contributed by atoms with van der Waals surface area (Å²) in [7, 11) is 0. The van der Waals surface area contributed by atoms with Crippen LogP contribution >= 0.6 is 0 Å². The van der Waals surface area contributed by atoms with Gasteiger partial charge in [0.15, 0.2) is 11.6 Å². The van der Waals surface area contributed by atoms with E-state index in [2.05, 4.69) is 15.6 Å². The van der Waals surface area contributed by atoms with Crippen molar-refractivity contribution in [3.8, 4) is 5.75 Å². The maximum atomic E-state index is 13.1. The van der Waals surface area contributed by atoms with Crippen molar-refractivity contribution in [2.24, 2.45) is 0 Å². The van der Waals surface area contributed by atoms with Crippen LogP contribution in [0.4, 0.5) is 15.0 Å². The number of carbonyl (C=O) groups is 3. The fourth-order valence-corrected chi connectivity index (χ4v) is 2.63. The van der Waals surface area contributed by atoms with Gasteiger partial charge >= 0.3 is 6.03 Å². The number of benzene rings is 1. The first-order valence-electron chi connectivity index (χ1n) is 7.65. The second kappa shape index (κ2) is 6.43. The highest BCUT2D eigenvalue weighted by Gasteiger charge is 2.49. The monoisotopic (exact) mass is 358 g/mol. The Hall–Kier alpha value is -3.49.